The Kier molecular flexibility index (Phi) is 1.45. The minimum absolute atomic E-state index is 0.435. The summed E-state index contributed by atoms with van der Waals surface area (Å²) in [5.74, 6) is 5.43. The molecule has 0 radical (unpaired) electrons. The normalized spacial score (nSPS) is 10.3. The highest BCUT2D eigenvalue weighted by Crippen LogP contribution is 2.25. The first-order chi connectivity index (χ1) is 5.42. The van der Waals surface area contributed by atoms with Crippen LogP contribution in [0.2, 0.25) is 0 Å². The van der Waals surface area contributed by atoms with Crippen LogP contribution >= 0.6 is 11.3 Å². The summed E-state index contributed by atoms with van der Waals surface area (Å²) >= 11 is 1.51. The Hall–Kier alpha value is -1.20. The first kappa shape index (κ1) is 6.51. The first-order valence-electron chi connectivity index (χ1n) is 2.97. The molecule has 0 fully saturated rings. The third-order valence-electron chi connectivity index (χ3n) is 1.32. The molecule has 11 heavy (non-hydrogen) atoms. The summed E-state index contributed by atoms with van der Waals surface area (Å²) < 4.78 is 0.884. The van der Waals surface area contributed by atoms with E-state index in [0.29, 0.717) is 5.88 Å². The number of aromatic nitrogens is 2. The summed E-state index contributed by atoms with van der Waals surface area (Å²) in [6.07, 6.45) is 1.43. The molecule has 4 nitrogen and oxygen atoms in total. The van der Waals surface area contributed by atoms with E-state index >= 15 is 0 Å². The molecule has 0 saturated carbocycles. The van der Waals surface area contributed by atoms with Crippen LogP contribution < -0.4 is 10.7 Å². The lowest BCUT2D eigenvalue weighted by Gasteiger charge is -1.95. The Bertz CT molecular complexity index is 373. The fraction of sp³-hybridized carbons (Fsp3) is 0. The standard InChI is InChI=1S/C6H5N3OS/c7-10-6-5-4(1-2-11-5)8-3-9-6/h1-3H,7H2. The largest absolute Gasteiger partial charge is 0.389 e. The average molecular weight is 167 g/mol. The highest BCUT2D eigenvalue weighted by atomic mass is 32.1. The lowest BCUT2D eigenvalue weighted by molar-refractivity contribution is 0.325. The van der Waals surface area contributed by atoms with Gasteiger partial charge in [0, 0.05) is 0 Å². The van der Waals surface area contributed by atoms with E-state index in [1.54, 1.807) is 0 Å². The van der Waals surface area contributed by atoms with Gasteiger partial charge in [0.15, 0.2) is 0 Å². The second-order valence-corrected chi connectivity index (χ2v) is 2.85. The monoisotopic (exact) mass is 167 g/mol. The van der Waals surface area contributed by atoms with Crippen LogP contribution in [-0.4, -0.2) is 9.97 Å². The lowest BCUT2D eigenvalue weighted by Crippen LogP contribution is -2.03. The van der Waals surface area contributed by atoms with Crippen LogP contribution in [0, 0.1) is 0 Å². The zero-order chi connectivity index (χ0) is 7.68. The molecule has 2 rings (SSSR count). The van der Waals surface area contributed by atoms with Gasteiger partial charge in [0.1, 0.15) is 11.0 Å². The van der Waals surface area contributed by atoms with Gasteiger partial charge in [-0.25, -0.2) is 4.98 Å². The lowest BCUT2D eigenvalue weighted by atomic mass is 10.5. The Labute approximate surface area is 66.6 Å². The summed E-state index contributed by atoms with van der Waals surface area (Å²) in [6, 6.07) is 1.89. The number of thiophene rings is 1. The molecule has 0 aliphatic rings. The van der Waals surface area contributed by atoms with Gasteiger partial charge in [-0.1, -0.05) is 0 Å². The van der Waals surface area contributed by atoms with Gasteiger partial charge in [0.25, 0.3) is 5.88 Å². The molecule has 2 N–H and O–H groups in total. The number of nitrogens with zero attached hydrogens (tertiary/aromatic N) is 2. The first-order valence-corrected chi connectivity index (χ1v) is 3.84. The molecule has 2 aromatic rings. The summed E-state index contributed by atoms with van der Waals surface area (Å²) in [5, 5.41) is 1.92. The van der Waals surface area contributed by atoms with Crippen LogP contribution in [0.3, 0.4) is 0 Å². The highest BCUT2D eigenvalue weighted by Gasteiger charge is 2.03. The molecule has 5 heteroatoms. The van der Waals surface area contributed by atoms with Crippen molar-refractivity contribution in [3.05, 3.63) is 17.8 Å². The number of fused-ring (bicyclic) bond motifs is 1. The fourth-order valence-electron chi connectivity index (χ4n) is 0.850. The SMILES string of the molecule is NOc1ncnc2ccsc12. The molecular weight excluding hydrogens is 162 g/mol. The van der Waals surface area contributed by atoms with Crippen molar-refractivity contribution in [1.82, 2.24) is 9.97 Å². The molecular formula is C6H5N3OS. The molecule has 0 bridgehead atoms. The van der Waals surface area contributed by atoms with Gasteiger partial charge in [-0.2, -0.15) is 10.9 Å². The molecule has 0 spiro atoms. The molecule has 0 amide bonds. The van der Waals surface area contributed by atoms with Crippen molar-refractivity contribution < 1.29 is 4.84 Å². The third kappa shape index (κ3) is 0.941. The number of rotatable bonds is 1. The van der Waals surface area contributed by atoms with Crippen molar-refractivity contribution in [2.24, 2.45) is 5.90 Å². The molecule has 0 atom stereocenters. The maximum Gasteiger partial charge on any atom is 0.258 e. The number of hydrogen-bond donors (Lipinski definition) is 1. The predicted octanol–water partition coefficient (Wildman–Crippen LogP) is 0.944. The molecule has 2 aromatic heterocycles. The minimum atomic E-state index is 0.435. The van der Waals surface area contributed by atoms with E-state index in [-0.39, 0.29) is 0 Å². The van der Waals surface area contributed by atoms with Crippen LogP contribution in [0.25, 0.3) is 10.2 Å². The smallest absolute Gasteiger partial charge is 0.258 e. The third-order valence-corrected chi connectivity index (χ3v) is 2.21. The maximum atomic E-state index is 4.99. The summed E-state index contributed by atoms with van der Waals surface area (Å²) in [4.78, 5) is 12.4. The van der Waals surface area contributed by atoms with Crippen LogP contribution in [0.5, 0.6) is 5.88 Å². The summed E-state index contributed by atoms with van der Waals surface area (Å²) in [6.45, 7) is 0. The van der Waals surface area contributed by atoms with Gasteiger partial charge < -0.3 is 4.84 Å². The quantitative estimate of drug-likeness (QED) is 0.642. The number of hydrogen-bond acceptors (Lipinski definition) is 5. The van der Waals surface area contributed by atoms with E-state index in [9.17, 15) is 0 Å². The van der Waals surface area contributed by atoms with Crippen molar-refractivity contribution in [2.45, 2.75) is 0 Å². The predicted molar refractivity (Wildman–Crippen MR) is 42.2 cm³/mol. The molecule has 56 valence electrons. The van der Waals surface area contributed by atoms with Gasteiger partial charge in [0.05, 0.1) is 5.52 Å². The van der Waals surface area contributed by atoms with Crippen molar-refractivity contribution in [1.29, 1.82) is 0 Å². The molecule has 0 aliphatic heterocycles. The van der Waals surface area contributed by atoms with Crippen LogP contribution in [-0.2, 0) is 0 Å². The summed E-state index contributed by atoms with van der Waals surface area (Å²) in [5.41, 5.74) is 0.866. The molecule has 0 aromatic carbocycles. The summed E-state index contributed by atoms with van der Waals surface area (Å²) in [7, 11) is 0. The van der Waals surface area contributed by atoms with Crippen molar-refractivity contribution in [2.75, 3.05) is 0 Å². The van der Waals surface area contributed by atoms with Crippen LogP contribution in [0.1, 0.15) is 0 Å². The van der Waals surface area contributed by atoms with E-state index < -0.39 is 0 Å². The molecule has 0 unspecified atom stereocenters. The van der Waals surface area contributed by atoms with Crippen molar-refractivity contribution in [3.63, 3.8) is 0 Å². The van der Waals surface area contributed by atoms with E-state index in [1.807, 2.05) is 11.4 Å². The van der Waals surface area contributed by atoms with Crippen LogP contribution in [0.15, 0.2) is 17.8 Å². The van der Waals surface area contributed by atoms with Gasteiger partial charge in [-0.3, -0.25) is 0 Å². The van der Waals surface area contributed by atoms with Gasteiger partial charge in [0.2, 0.25) is 0 Å². The second-order valence-electron chi connectivity index (χ2n) is 1.93. The molecule has 2 heterocycles. The van der Waals surface area contributed by atoms with Crippen LogP contribution in [0.4, 0.5) is 0 Å². The van der Waals surface area contributed by atoms with E-state index in [0.717, 1.165) is 10.2 Å². The second kappa shape index (κ2) is 2.44. The Morgan fingerprint density at radius 1 is 1.45 bits per heavy atom. The Morgan fingerprint density at radius 3 is 3.18 bits per heavy atom. The van der Waals surface area contributed by atoms with Gasteiger partial charge >= 0.3 is 0 Å². The van der Waals surface area contributed by atoms with Gasteiger partial charge in [-0.15, -0.1) is 11.3 Å². The topological polar surface area (TPSA) is 61.0 Å². The fourth-order valence-corrected chi connectivity index (χ4v) is 1.63. The van der Waals surface area contributed by atoms with Gasteiger partial charge in [-0.05, 0) is 11.4 Å². The van der Waals surface area contributed by atoms with E-state index in [4.69, 9.17) is 5.90 Å². The molecule has 0 aliphatic carbocycles. The van der Waals surface area contributed by atoms with E-state index in [1.165, 1.54) is 17.7 Å². The number of nitrogens with two attached hydrogens (primary N) is 1. The zero-order valence-electron chi connectivity index (χ0n) is 5.52. The minimum Gasteiger partial charge on any atom is -0.389 e. The Balaban J connectivity index is 2.79. The zero-order valence-corrected chi connectivity index (χ0v) is 6.34. The van der Waals surface area contributed by atoms with Crippen molar-refractivity contribution >= 4 is 21.6 Å². The highest BCUT2D eigenvalue weighted by molar-refractivity contribution is 7.17. The van der Waals surface area contributed by atoms with Crippen molar-refractivity contribution in [3.8, 4) is 5.88 Å². The maximum absolute atomic E-state index is 4.99. The molecule has 0 saturated heterocycles. The van der Waals surface area contributed by atoms with E-state index in [2.05, 4.69) is 14.8 Å². The average Bonchev–Trinajstić information content (AvgIpc) is 2.50. The Morgan fingerprint density at radius 2 is 2.36 bits per heavy atom.